The van der Waals surface area contributed by atoms with E-state index in [1.807, 2.05) is 49.4 Å². The zero-order valence-corrected chi connectivity index (χ0v) is 14.7. The van der Waals surface area contributed by atoms with Gasteiger partial charge in [-0.3, -0.25) is 4.79 Å². The largest absolute Gasteiger partial charge is 0.323 e. The van der Waals surface area contributed by atoms with Crippen LogP contribution in [0.3, 0.4) is 0 Å². The zero-order valence-electron chi connectivity index (χ0n) is 13.9. The van der Waals surface area contributed by atoms with Gasteiger partial charge in [-0.05, 0) is 36.8 Å². The summed E-state index contributed by atoms with van der Waals surface area (Å²) >= 11 is 1.39. The molecule has 25 heavy (non-hydrogen) atoms. The second-order valence-corrected chi connectivity index (χ2v) is 6.54. The van der Waals surface area contributed by atoms with Gasteiger partial charge in [0.15, 0.2) is 5.13 Å². The monoisotopic (exact) mass is 354 g/mol. The molecule has 3 N–H and O–H groups in total. The van der Waals surface area contributed by atoms with Crippen LogP contribution < -0.4 is 16.0 Å². The second-order valence-electron chi connectivity index (χ2n) is 5.51. The van der Waals surface area contributed by atoms with Crippen LogP contribution >= 0.6 is 11.3 Å². The summed E-state index contributed by atoms with van der Waals surface area (Å²) < 4.78 is 0.904. The molecular formula is C18H18N4O2S. The van der Waals surface area contributed by atoms with E-state index in [0.717, 1.165) is 21.5 Å². The van der Waals surface area contributed by atoms with Gasteiger partial charge in [0.1, 0.15) is 0 Å². The van der Waals surface area contributed by atoms with Crippen LogP contribution in [-0.2, 0) is 4.79 Å². The molecule has 128 valence electrons. The number of fused-ring (bicyclic) bond motifs is 1. The molecule has 0 aliphatic heterocycles. The van der Waals surface area contributed by atoms with Gasteiger partial charge in [-0.25, -0.2) is 9.78 Å². The molecule has 0 saturated carbocycles. The predicted molar refractivity (Wildman–Crippen MR) is 102 cm³/mol. The molecule has 0 fully saturated rings. The first-order valence-electron chi connectivity index (χ1n) is 7.89. The Morgan fingerprint density at radius 1 is 1.04 bits per heavy atom. The number of nitrogens with one attached hydrogen (secondary N) is 3. The summed E-state index contributed by atoms with van der Waals surface area (Å²) in [5, 5.41) is 8.94. The summed E-state index contributed by atoms with van der Waals surface area (Å²) in [6.45, 7) is 3.72. The SMILES string of the molecule is CCC(=O)Nc1nc2c(C)cc(NC(=O)Nc3ccccc3)cc2s1. The van der Waals surface area contributed by atoms with Gasteiger partial charge in [0, 0.05) is 17.8 Å². The van der Waals surface area contributed by atoms with Crippen LogP contribution in [0, 0.1) is 6.92 Å². The van der Waals surface area contributed by atoms with Crippen LogP contribution in [0.4, 0.5) is 21.3 Å². The van der Waals surface area contributed by atoms with Gasteiger partial charge in [-0.15, -0.1) is 0 Å². The van der Waals surface area contributed by atoms with Gasteiger partial charge < -0.3 is 16.0 Å². The minimum atomic E-state index is -0.311. The smallest absolute Gasteiger partial charge is 0.308 e. The number of hydrogen-bond donors (Lipinski definition) is 3. The molecule has 2 aromatic carbocycles. The predicted octanol–water partition coefficient (Wildman–Crippen LogP) is 4.60. The number of amides is 3. The lowest BCUT2D eigenvalue weighted by atomic mass is 10.2. The molecular weight excluding hydrogens is 336 g/mol. The quantitative estimate of drug-likeness (QED) is 0.640. The van der Waals surface area contributed by atoms with Gasteiger partial charge in [-0.1, -0.05) is 36.5 Å². The van der Waals surface area contributed by atoms with Crippen LogP contribution in [-0.4, -0.2) is 16.9 Å². The Bertz CT molecular complexity index is 921. The maximum Gasteiger partial charge on any atom is 0.323 e. The molecule has 0 radical (unpaired) electrons. The number of rotatable bonds is 4. The molecule has 6 nitrogen and oxygen atoms in total. The first kappa shape index (κ1) is 16.9. The lowest BCUT2D eigenvalue weighted by molar-refractivity contribution is -0.115. The minimum Gasteiger partial charge on any atom is -0.308 e. The highest BCUT2D eigenvalue weighted by Crippen LogP contribution is 2.31. The Labute approximate surface area is 149 Å². The number of benzene rings is 2. The fourth-order valence-electron chi connectivity index (χ4n) is 2.35. The molecule has 0 unspecified atom stereocenters. The Morgan fingerprint density at radius 2 is 1.76 bits per heavy atom. The average molecular weight is 354 g/mol. The van der Waals surface area contributed by atoms with Gasteiger partial charge in [-0.2, -0.15) is 0 Å². The minimum absolute atomic E-state index is 0.0719. The number of carbonyl (C=O) groups is 2. The first-order valence-corrected chi connectivity index (χ1v) is 8.71. The Hall–Kier alpha value is -2.93. The number of thiazole rings is 1. The van der Waals surface area contributed by atoms with Crippen molar-refractivity contribution in [3.8, 4) is 0 Å². The van der Waals surface area contributed by atoms with Crippen LogP contribution in [0.2, 0.25) is 0 Å². The van der Waals surface area contributed by atoms with Crippen molar-refractivity contribution in [1.29, 1.82) is 0 Å². The molecule has 0 saturated heterocycles. The van der Waals surface area contributed by atoms with E-state index in [1.165, 1.54) is 11.3 Å². The summed E-state index contributed by atoms with van der Waals surface area (Å²) in [6, 6.07) is 12.6. The summed E-state index contributed by atoms with van der Waals surface area (Å²) in [5.74, 6) is -0.0719. The maximum atomic E-state index is 12.1. The molecule has 0 spiro atoms. The molecule has 0 bridgehead atoms. The number of urea groups is 1. The summed E-state index contributed by atoms with van der Waals surface area (Å²) in [4.78, 5) is 28.1. The van der Waals surface area contributed by atoms with Crippen LogP contribution in [0.1, 0.15) is 18.9 Å². The van der Waals surface area contributed by atoms with Crippen molar-refractivity contribution in [3.05, 3.63) is 48.0 Å². The number of hydrogen-bond acceptors (Lipinski definition) is 4. The Morgan fingerprint density at radius 3 is 2.48 bits per heavy atom. The van der Waals surface area contributed by atoms with Crippen LogP contribution in [0.15, 0.2) is 42.5 Å². The van der Waals surface area contributed by atoms with E-state index in [1.54, 1.807) is 6.92 Å². The number of anilines is 3. The second kappa shape index (κ2) is 7.31. The third-order valence-corrected chi connectivity index (χ3v) is 4.46. The Balaban J connectivity index is 1.78. The number of carbonyl (C=O) groups excluding carboxylic acids is 2. The van der Waals surface area contributed by atoms with Crippen molar-refractivity contribution in [2.45, 2.75) is 20.3 Å². The number of aromatic nitrogens is 1. The van der Waals surface area contributed by atoms with Gasteiger partial charge in [0.2, 0.25) is 5.91 Å². The van der Waals surface area contributed by atoms with E-state index in [2.05, 4.69) is 20.9 Å². The van der Waals surface area contributed by atoms with Crippen molar-refractivity contribution in [1.82, 2.24) is 4.98 Å². The number of aryl methyl sites for hydroxylation is 1. The normalized spacial score (nSPS) is 10.5. The maximum absolute atomic E-state index is 12.1. The summed E-state index contributed by atoms with van der Waals surface area (Å²) in [5.41, 5.74) is 3.15. The van der Waals surface area contributed by atoms with Crippen molar-refractivity contribution in [2.75, 3.05) is 16.0 Å². The third-order valence-electron chi connectivity index (χ3n) is 3.54. The van der Waals surface area contributed by atoms with Crippen molar-refractivity contribution in [3.63, 3.8) is 0 Å². The molecule has 3 amide bonds. The molecule has 7 heteroatoms. The summed E-state index contributed by atoms with van der Waals surface area (Å²) in [7, 11) is 0. The van der Waals surface area contributed by atoms with Crippen molar-refractivity contribution < 1.29 is 9.59 Å². The van der Waals surface area contributed by atoms with Crippen LogP contribution in [0.25, 0.3) is 10.2 Å². The molecule has 3 rings (SSSR count). The van der Waals surface area contributed by atoms with E-state index in [0.29, 0.717) is 17.2 Å². The fourth-order valence-corrected chi connectivity index (χ4v) is 3.34. The topological polar surface area (TPSA) is 83.1 Å². The standard InChI is InChI=1S/C18H18N4O2S/c1-3-15(23)21-18-22-16-11(2)9-13(10-14(16)25-18)20-17(24)19-12-7-5-4-6-8-12/h4-10H,3H2,1-2H3,(H2,19,20,24)(H,21,22,23). The van der Waals surface area contributed by atoms with E-state index >= 15 is 0 Å². The average Bonchev–Trinajstić information content (AvgIpc) is 2.98. The molecule has 1 heterocycles. The lowest BCUT2D eigenvalue weighted by Crippen LogP contribution is -2.19. The van der Waals surface area contributed by atoms with Crippen LogP contribution in [0.5, 0.6) is 0 Å². The molecule has 3 aromatic rings. The molecule has 1 aromatic heterocycles. The fraction of sp³-hybridized carbons (Fsp3) is 0.167. The van der Waals surface area contributed by atoms with Crippen molar-refractivity contribution in [2.24, 2.45) is 0 Å². The lowest BCUT2D eigenvalue weighted by Gasteiger charge is -2.08. The summed E-state index contributed by atoms with van der Waals surface area (Å²) in [6.07, 6.45) is 0.404. The van der Waals surface area contributed by atoms with E-state index in [-0.39, 0.29) is 11.9 Å². The Kier molecular flexibility index (Phi) is 4.95. The first-order chi connectivity index (χ1) is 12.0. The third kappa shape index (κ3) is 4.13. The van der Waals surface area contributed by atoms with Gasteiger partial charge in [0.25, 0.3) is 0 Å². The zero-order chi connectivity index (χ0) is 17.8. The highest BCUT2D eigenvalue weighted by Gasteiger charge is 2.11. The van der Waals surface area contributed by atoms with Crippen molar-refractivity contribution >= 4 is 50.0 Å². The molecule has 0 aliphatic rings. The highest BCUT2D eigenvalue weighted by atomic mass is 32.1. The van der Waals surface area contributed by atoms with E-state index in [9.17, 15) is 9.59 Å². The molecule has 0 aliphatic carbocycles. The van der Waals surface area contributed by atoms with E-state index < -0.39 is 0 Å². The number of nitrogens with zero attached hydrogens (tertiary/aromatic N) is 1. The molecule has 0 atom stereocenters. The highest BCUT2D eigenvalue weighted by molar-refractivity contribution is 7.22. The number of para-hydroxylation sites is 1. The van der Waals surface area contributed by atoms with Gasteiger partial charge >= 0.3 is 6.03 Å². The van der Waals surface area contributed by atoms with E-state index in [4.69, 9.17) is 0 Å². The van der Waals surface area contributed by atoms with Gasteiger partial charge in [0.05, 0.1) is 10.2 Å².